The van der Waals surface area contributed by atoms with Crippen molar-refractivity contribution in [3.05, 3.63) is 0 Å². The molecule has 2 fully saturated rings. The van der Waals surface area contributed by atoms with E-state index in [1.54, 1.807) is 0 Å². The van der Waals surface area contributed by atoms with E-state index in [-0.39, 0.29) is 5.91 Å². The van der Waals surface area contributed by atoms with E-state index in [4.69, 9.17) is 0 Å². The van der Waals surface area contributed by atoms with Crippen LogP contribution in [-0.2, 0) is 4.79 Å². The fourth-order valence-electron chi connectivity index (χ4n) is 3.28. The molecule has 1 amide bonds. The van der Waals surface area contributed by atoms with Crippen LogP contribution in [-0.4, -0.2) is 37.5 Å². The third-order valence-electron chi connectivity index (χ3n) is 4.78. The molecular formula is C15H25N3O. The molecule has 19 heavy (non-hydrogen) atoms. The van der Waals surface area contributed by atoms with E-state index in [2.05, 4.69) is 23.3 Å². The second-order valence-electron chi connectivity index (χ2n) is 6.19. The monoisotopic (exact) mass is 263 g/mol. The molecule has 4 heteroatoms. The molecule has 1 aliphatic heterocycles. The van der Waals surface area contributed by atoms with Crippen molar-refractivity contribution in [2.75, 3.05) is 26.7 Å². The summed E-state index contributed by atoms with van der Waals surface area (Å²) in [5, 5.41) is 12.2. The maximum Gasteiger partial charge on any atom is 0.240 e. The molecule has 1 N–H and O–H groups in total. The molecule has 0 aromatic heterocycles. The first-order valence-corrected chi connectivity index (χ1v) is 7.54. The van der Waals surface area contributed by atoms with Gasteiger partial charge in [0.1, 0.15) is 5.41 Å². The van der Waals surface area contributed by atoms with Gasteiger partial charge >= 0.3 is 0 Å². The van der Waals surface area contributed by atoms with Crippen LogP contribution < -0.4 is 5.32 Å². The molecule has 0 aromatic rings. The molecule has 0 atom stereocenters. The number of hydrogen-bond donors (Lipinski definition) is 1. The van der Waals surface area contributed by atoms with E-state index in [0.29, 0.717) is 0 Å². The van der Waals surface area contributed by atoms with Crippen molar-refractivity contribution < 1.29 is 4.79 Å². The minimum atomic E-state index is -0.715. The predicted octanol–water partition coefficient (Wildman–Crippen LogP) is 1.92. The lowest BCUT2D eigenvalue weighted by Crippen LogP contribution is -2.39. The first-order chi connectivity index (χ1) is 9.16. The molecule has 106 valence electrons. The van der Waals surface area contributed by atoms with E-state index in [9.17, 15) is 10.1 Å². The lowest BCUT2D eigenvalue weighted by molar-refractivity contribution is -0.128. The number of nitrogens with one attached hydrogen (secondary N) is 1. The van der Waals surface area contributed by atoms with Gasteiger partial charge in [0.2, 0.25) is 5.91 Å². The van der Waals surface area contributed by atoms with E-state index in [1.807, 2.05) is 0 Å². The maximum absolute atomic E-state index is 12.2. The molecule has 4 nitrogen and oxygen atoms in total. The Morgan fingerprint density at radius 1 is 1.37 bits per heavy atom. The van der Waals surface area contributed by atoms with E-state index < -0.39 is 5.41 Å². The Kier molecular flexibility index (Phi) is 4.81. The summed E-state index contributed by atoms with van der Waals surface area (Å²) in [4.78, 5) is 14.5. The average Bonchev–Trinajstić information content (AvgIpc) is 2.91. The summed E-state index contributed by atoms with van der Waals surface area (Å²) in [5.74, 6) is 0.707. The molecule has 0 radical (unpaired) electrons. The molecule has 1 saturated heterocycles. The smallest absolute Gasteiger partial charge is 0.240 e. The van der Waals surface area contributed by atoms with Crippen LogP contribution in [0.3, 0.4) is 0 Å². The van der Waals surface area contributed by atoms with Gasteiger partial charge in [0.25, 0.3) is 0 Å². The standard InChI is InChI=1S/C15H25N3O/c1-18-10-5-13(6-11-18)4-9-17-14(19)15(12-16)7-2-3-8-15/h13H,2-11H2,1H3,(H,17,19). The molecule has 2 rings (SSSR count). The minimum absolute atomic E-state index is 0.0274. The highest BCUT2D eigenvalue weighted by atomic mass is 16.2. The molecule has 0 bridgehead atoms. The number of nitrogens with zero attached hydrogens (tertiary/aromatic N) is 2. The number of carbonyl (C=O) groups excluding carboxylic acids is 1. The molecular weight excluding hydrogens is 238 g/mol. The Morgan fingerprint density at radius 2 is 2.00 bits per heavy atom. The maximum atomic E-state index is 12.2. The predicted molar refractivity (Wildman–Crippen MR) is 74.4 cm³/mol. The highest BCUT2D eigenvalue weighted by Gasteiger charge is 2.41. The molecule has 1 saturated carbocycles. The van der Waals surface area contributed by atoms with Crippen LogP contribution in [0.2, 0.25) is 0 Å². The molecule has 0 spiro atoms. The summed E-state index contributed by atoms with van der Waals surface area (Å²) < 4.78 is 0. The molecule has 1 aliphatic carbocycles. The lowest BCUT2D eigenvalue weighted by atomic mass is 9.87. The van der Waals surface area contributed by atoms with Crippen LogP contribution in [0.1, 0.15) is 44.9 Å². The topological polar surface area (TPSA) is 56.1 Å². The first kappa shape index (κ1) is 14.3. The van der Waals surface area contributed by atoms with Gasteiger partial charge in [-0.15, -0.1) is 0 Å². The molecule has 1 heterocycles. The lowest BCUT2D eigenvalue weighted by Gasteiger charge is -2.29. The van der Waals surface area contributed by atoms with Crippen molar-refractivity contribution in [3.63, 3.8) is 0 Å². The Labute approximate surface area is 116 Å². The Morgan fingerprint density at radius 3 is 2.58 bits per heavy atom. The number of amides is 1. The van der Waals surface area contributed by atoms with Crippen LogP contribution in [0.4, 0.5) is 0 Å². The van der Waals surface area contributed by atoms with Gasteiger partial charge in [0.05, 0.1) is 6.07 Å². The first-order valence-electron chi connectivity index (χ1n) is 7.54. The summed E-state index contributed by atoms with van der Waals surface area (Å²) in [6.07, 6.45) is 7.02. The van der Waals surface area contributed by atoms with Crippen molar-refractivity contribution in [3.8, 4) is 6.07 Å². The summed E-state index contributed by atoms with van der Waals surface area (Å²) >= 11 is 0. The number of hydrogen-bond acceptors (Lipinski definition) is 3. The second kappa shape index (κ2) is 6.38. The van der Waals surface area contributed by atoms with Crippen LogP contribution in [0.5, 0.6) is 0 Å². The van der Waals surface area contributed by atoms with Crippen molar-refractivity contribution in [1.29, 1.82) is 5.26 Å². The van der Waals surface area contributed by atoms with Crippen LogP contribution in [0.15, 0.2) is 0 Å². The molecule has 0 unspecified atom stereocenters. The van der Waals surface area contributed by atoms with Crippen molar-refractivity contribution >= 4 is 5.91 Å². The van der Waals surface area contributed by atoms with E-state index in [1.165, 1.54) is 25.9 Å². The summed E-state index contributed by atoms with van der Waals surface area (Å²) in [7, 11) is 2.16. The SMILES string of the molecule is CN1CCC(CCNC(=O)C2(C#N)CCCC2)CC1. The fraction of sp³-hybridized carbons (Fsp3) is 0.867. The van der Waals surface area contributed by atoms with Gasteiger partial charge in [-0.1, -0.05) is 12.8 Å². The summed E-state index contributed by atoms with van der Waals surface area (Å²) in [5.41, 5.74) is -0.715. The van der Waals surface area contributed by atoms with Crippen molar-refractivity contribution in [2.45, 2.75) is 44.9 Å². The summed E-state index contributed by atoms with van der Waals surface area (Å²) in [6.45, 7) is 3.07. The van der Waals surface area contributed by atoms with Crippen LogP contribution in [0, 0.1) is 22.7 Å². The largest absolute Gasteiger partial charge is 0.355 e. The zero-order valence-electron chi connectivity index (χ0n) is 12.0. The average molecular weight is 263 g/mol. The van der Waals surface area contributed by atoms with E-state index >= 15 is 0 Å². The normalized spacial score (nSPS) is 24.0. The van der Waals surface area contributed by atoms with Crippen LogP contribution >= 0.6 is 0 Å². The molecule has 0 aromatic carbocycles. The third-order valence-corrected chi connectivity index (χ3v) is 4.78. The number of likely N-dealkylation sites (tertiary alicyclic amines) is 1. The van der Waals surface area contributed by atoms with Gasteiger partial charge in [-0.2, -0.15) is 5.26 Å². The Hall–Kier alpha value is -1.08. The second-order valence-corrected chi connectivity index (χ2v) is 6.19. The fourth-order valence-corrected chi connectivity index (χ4v) is 3.28. The quantitative estimate of drug-likeness (QED) is 0.843. The highest BCUT2D eigenvalue weighted by Crippen LogP contribution is 2.37. The van der Waals surface area contributed by atoms with Gasteiger partial charge in [-0.05, 0) is 58.2 Å². The Bertz CT molecular complexity index is 347. The number of piperidine rings is 1. The minimum Gasteiger partial charge on any atom is -0.355 e. The van der Waals surface area contributed by atoms with Gasteiger partial charge in [-0.3, -0.25) is 4.79 Å². The third kappa shape index (κ3) is 3.48. The van der Waals surface area contributed by atoms with Crippen molar-refractivity contribution in [1.82, 2.24) is 10.2 Å². The Balaban J connectivity index is 1.71. The van der Waals surface area contributed by atoms with Crippen molar-refractivity contribution in [2.24, 2.45) is 11.3 Å². The molecule has 2 aliphatic rings. The zero-order chi connectivity index (χ0) is 13.7. The summed E-state index contributed by atoms with van der Waals surface area (Å²) in [6, 6.07) is 2.25. The van der Waals surface area contributed by atoms with Gasteiger partial charge in [-0.25, -0.2) is 0 Å². The van der Waals surface area contributed by atoms with Crippen LogP contribution in [0.25, 0.3) is 0 Å². The number of carbonyl (C=O) groups is 1. The zero-order valence-corrected chi connectivity index (χ0v) is 12.0. The van der Waals surface area contributed by atoms with Gasteiger partial charge < -0.3 is 10.2 Å². The van der Waals surface area contributed by atoms with E-state index in [0.717, 1.165) is 44.6 Å². The highest BCUT2D eigenvalue weighted by molar-refractivity contribution is 5.85. The number of rotatable bonds is 4. The number of nitriles is 1. The van der Waals surface area contributed by atoms with Gasteiger partial charge in [0, 0.05) is 6.54 Å². The van der Waals surface area contributed by atoms with Gasteiger partial charge in [0.15, 0.2) is 0 Å².